The van der Waals surface area contributed by atoms with Crippen molar-refractivity contribution in [1.29, 1.82) is 0 Å². The molecule has 0 bridgehead atoms. The van der Waals surface area contributed by atoms with Crippen LogP contribution in [-0.2, 0) is 6.42 Å². The van der Waals surface area contributed by atoms with Crippen LogP contribution in [0.5, 0.6) is 0 Å². The highest BCUT2D eigenvalue weighted by Crippen LogP contribution is 2.40. The molecule has 3 heteroatoms. The number of hydrogen-bond acceptors (Lipinski definition) is 0. The van der Waals surface area contributed by atoms with Gasteiger partial charge in [0.25, 0.3) is 0 Å². The first-order valence-electron chi connectivity index (χ1n) is 9.25. The molecule has 0 heterocycles. The Kier molecular flexibility index (Phi) is 4.66. The van der Waals surface area contributed by atoms with Crippen molar-refractivity contribution in [2.24, 2.45) is 5.92 Å². The van der Waals surface area contributed by atoms with E-state index in [2.05, 4.69) is 43.0 Å². The molecule has 0 saturated heterocycles. The van der Waals surface area contributed by atoms with Crippen LogP contribution in [0.2, 0.25) is 0 Å². The van der Waals surface area contributed by atoms with Gasteiger partial charge in [-0.05, 0) is 52.8 Å². The normalized spacial score (nSPS) is 18.7. The molecule has 0 aromatic heterocycles. The fraction of sp³-hybridized carbons (Fsp3) is 0.250. The quantitative estimate of drug-likeness (QED) is 0.348. The van der Waals surface area contributed by atoms with Gasteiger partial charge in [0.2, 0.25) is 0 Å². The minimum Gasteiger partial charge on any atom is -0.204 e. The maximum atomic E-state index is 13.5. The smallest absolute Gasteiger partial charge is 0.194 e. The topological polar surface area (TPSA) is 0 Å². The van der Waals surface area contributed by atoms with E-state index in [-0.39, 0.29) is 11.5 Å². The molecule has 2 atom stereocenters. The highest BCUT2D eigenvalue weighted by molar-refractivity contribution is 5.87. The number of fused-ring (bicyclic) bond motifs is 3. The van der Waals surface area contributed by atoms with Gasteiger partial charge in [0.1, 0.15) is 0 Å². The summed E-state index contributed by atoms with van der Waals surface area (Å²) in [6.45, 7) is 2.14. The summed E-state index contributed by atoms with van der Waals surface area (Å²) in [5.41, 5.74) is 2.67. The molecule has 0 N–H and O–H groups in total. The zero-order valence-electron chi connectivity index (χ0n) is 15.0. The number of hydrogen-bond donors (Lipinski definition) is 0. The van der Waals surface area contributed by atoms with E-state index in [9.17, 15) is 13.2 Å². The Balaban J connectivity index is 1.80. The molecule has 0 nitrogen and oxygen atoms in total. The molecule has 0 radical (unpaired) electrons. The fourth-order valence-electron chi connectivity index (χ4n) is 4.10. The Labute approximate surface area is 157 Å². The number of halogens is 3. The monoisotopic (exact) mass is 364 g/mol. The lowest BCUT2D eigenvalue weighted by Gasteiger charge is -2.30. The Morgan fingerprint density at radius 1 is 1.00 bits per heavy atom. The Morgan fingerprint density at radius 3 is 2.48 bits per heavy atom. The molecule has 1 aliphatic rings. The number of benzene rings is 3. The van der Waals surface area contributed by atoms with Crippen molar-refractivity contribution < 1.29 is 13.2 Å². The summed E-state index contributed by atoms with van der Waals surface area (Å²) in [6, 6.07) is 14.5. The Bertz CT molecular complexity index is 1050. The molecule has 0 amide bonds. The first-order valence-corrected chi connectivity index (χ1v) is 9.25. The van der Waals surface area contributed by atoms with Crippen molar-refractivity contribution in [3.8, 4) is 11.8 Å². The lowest BCUT2D eigenvalue weighted by Crippen LogP contribution is -2.19. The van der Waals surface area contributed by atoms with E-state index in [4.69, 9.17) is 0 Å². The van der Waals surface area contributed by atoms with Crippen molar-refractivity contribution in [2.75, 3.05) is 0 Å². The molecule has 4 rings (SSSR count). The average molecular weight is 364 g/mol. The van der Waals surface area contributed by atoms with Crippen LogP contribution in [0.25, 0.3) is 10.8 Å². The van der Waals surface area contributed by atoms with Gasteiger partial charge >= 0.3 is 0 Å². The van der Waals surface area contributed by atoms with Crippen molar-refractivity contribution in [1.82, 2.24) is 0 Å². The zero-order valence-corrected chi connectivity index (χ0v) is 15.0. The predicted molar refractivity (Wildman–Crippen MR) is 102 cm³/mol. The van der Waals surface area contributed by atoms with E-state index in [1.807, 2.05) is 12.1 Å². The van der Waals surface area contributed by atoms with E-state index in [0.29, 0.717) is 5.92 Å². The van der Waals surface area contributed by atoms with Gasteiger partial charge in [-0.3, -0.25) is 0 Å². The summed E-state index contributed by atoms with van der Waals surface area (Å²) >= 11 is 0. The highest BCUT2D eigenvalue weighted by atomic mass is 19.2. The van der Waals surface area contributed by atoms with Crippen molar-refractivity contribution in [3.63, 3.8) is 0 Å². The van der Waals surface area contributed by atoms with Crippen LogP contribution >= 0.6 is 0 Å². The van der Waals surface area contributed by atoms with Crippen molar-refractivity contribution in [3.05, 3.63) is 82.7 Å². The fourth-order valence-corrected chi connectivity index (χ4v) is 4.10. The van der Waals surface area contributed by atoms with Crippen LogP contribution in [0.15, 0.2) is 48.5 Å². The lowest BCUT2D eigenvalue weighted by atomic mass is 9.73. The molecule has 3 aromatic carbocycles. The van der Waals surface area contributed by atoms with Gasteiger partial charge in [-0.15, -0.1) is 0 Å². The van der Waals surface area contributed by atoms with Gasteiger partial charge < -0.3 is 0 Å². The minimum atomic E-state index is -1.46. The minimum absolute atomic E-state index is 0.000434. The summed E-state index contributed by atoms with van der Waals surface area (Å²) in [7, 11) is 0. The third-order valence-corrected chi connectivity index (χ3v) is 5.53. The zero-order chi connectivity index (χ0) is 19.0. The second-order valence-electron chi connectivity index (χ2n) is 7.06. The van der Waals surface area contributed by atoms with E-state index in [0.717, 1.165) is 31.4 Å². The Morgan fingerprint density at radius 2 is 1.74 bits per heavy atom. The summed E-state index contributed by atoms with van der Waals surface area (Å²) in [6.07, 6.45) is 3.02. The van der Waals surface area contributed by atoms with Gasteiger partial charge in [0, 0.05) is 11.5 Å². The maximum absolute atomic E-state index is 13.5. The van der Waals surface area contributed by atoms with Crippen LogP contribution in [0.4, 0.5) is 13.2 Å². The summed E-state index contributed by atoms with van der Waals surface area (Å²) in [4.78, 5) is 0. The van der Waals surface area contributed by atoms with Gasteiger partial charge in [0.05, 0.1) is 0 Å². The van der Waals surface area contributed by atoms with E-state index < -0.39 is 17.5 Å². The van der Waals surface area contributed by atoms with E-state index in [1.54, 1.807) is 0 Å². The first kappa shape index (κ1) is 17.7. The van der Waals surface area contributed by atoms with Crippen LogP contribution in [0.3, 0.4) is 0 Å². The molecule has 1 aliphatic carbocycles. The average Bonchev–Trinajstić information content (AvgIpc) is 2.69. The maximum Gasteiger partial charge on any atom is 0.194 e. The molecule has 0 spiro atoms. The molecule has 0 fully saturated rings. The molecule has 0 aliphatic heterocycles. The molecular weight excluding hydrogens is 345 g/mol. The van der Waals surface area contributed by atoms with Crippen molar-refractivity contribution >= 4 is 10.8 Å². The SMILES string of the molecule is CC[C@@H]1CCc2c(ccc3ccccc23)[C@H]1C#Cc1cc(F)c(F)c(F)c1. The van der Waals surface area contributed by atoms with Crippen LogP contribution in [0.1, 0.15) is 42.4 Å². The van der Waals surface area contributed by atoms with Gasteiger partial charge in [-0.1, -0.05) is 61.6 Å². The third-order valence-electron chi connectivity index (χ3n) is 5.53. The standard InChI is InChI=1S/C24H19F3/c1-2-16-8-11-20-18-6-4-3-5-17(18)9-12-21(20)19(16)10-7-15-13-22(25)24(27)23(26)14-15/h3-6,9,12-14,16,19H,2,8,11H2,1H3/t16-,19+/m1/s1. The largest absolute Gasteiger partial charge is 0.204 e. The van der Waals surface area contributed by atoms with Gasteiger partial charge in [-0.2, -0.15) is 0 Å². The Hall–Kier alpha value is -2.73. The van der Waals surface area contributed by atoms with Crippen LogP contribution in [0, 0.1) is 35.2 Å². The second-order valence-corrected chi connectivity index (χ2v) is 7.06. The molecule has 27 heavy (non-hydrogen) atoms. The van der Waals surface area contributed by atoms with Crippen LogP contribution in [-0.4, -0.2) is 0 Å². The molecule has 3 aromatic rings. The molecule has 136 valence electrons. The highest BCUT2D eigenvalue weighted by Gasteiger charge is 2.28. The molecule has 0 unspecified atom stereocenters. The van der Waals surface area contributed by atoms with Crippen LogP contribution < -0.4 is 0 Å². The third kappa shape index (κ3) is 3.21. The first-order chi connectivity index (χ1) is 13.1. The lowest BCUT2D eigenvalue weighted by molar-refractivity contribution is 0.414. The molecular formula is C24H19F3. The second kappa shape index (κ2) is 7.12. The predicted octanol–water partition coefficient (Wildman–Crippen LogP) is 6.36. The summed E-state index contributed by atoms with van der Waals surface area (Å²) < 4.78 is 40.1. The van der Waals surface area contributed by atoms with Crippen molar-refractivity contribution in [2.45, 2.75) is 32.1 Å². The number of aryl methyl sites for hydroxylation is 1. The van der Waals surface area contributed by atoms with Gasteiger partial charge in [0.15, 0.2) is 17.5 Å². The summed E-state index contributed by atoms with van der Waals surface area (Å²) in [5, 5.41) is 2.45. The summed E-state index contributed by atoms with van der Waals surface area (Å²) in [5.74, 6) is 2.63. The number of rotatable bonds is 1. The van der Waals surface area contributed by atoms with E-state index >= 15 is 0 Å². The van der Waals surface area contributed by atoms with E-state index in [1.165, 1.54) is 21.9 Å². The molecule has 0 saturated carbocycles. The van der Waals surface area contributed by atoms with Gasteiger partial charge in [-0.25, -0.2) is 13.2 Å².